The Hall–Kier alpha value is -1.06. The molecule has 0 aliphatic heterocycles. The minimum atomic E-state index is 0.149. The van der Waals surface area contributed by atoms with Crippen molar-refractivity contribution in [2.45, 2.75) is 59.2 Å². The molecule has 120 valence electrons. The highest BCUT2D eigenvalue weighted by Gasteiger charge is 2.08. The molecule has 0 fully saturated rings. The first-order valence-electron chi connectivity index (χ1n) is 7.99. The van der Waals surface area contributed by atoms with Gasteiger partial charge in [0.1, 0.15) is 12.4 Å². The van der Waals surface area contributed by atoms with E-state index in [-0.39, 0.29) is 5.54 Å². The molecule has 0 saturated heterocycles. The summed E-state index contributed by atoms with van der Waals surface area (Å²) in [5, 5.41) is 3.49. The van der Waals surface area contributed by atoms with Gasteiger partial charge in [0.2, 0.25) is 0 Å². The Bertz CT molecular complexity index is 395. The van der Waals surface area contributed by atoms with Gasteiger partial charge < -0.3 is 15.0 Å². The summed E-state index contributed by atoms with van der Waals surface area (Å²) in [5.41, 5.74) is 1.43. The number of nitrogens with one attached hydrogen (secondary N) is 1. The maximum atomic E-state index is 5.81. The monoisotopic (exact) mass is 292 g/mol. The lowest BCUT2D eigenvalue weighted by molar-refractivity contribution is 0.196. The standard InChI is InChI=1S/C18H32N2O/c1-7-15(2)20(6)12-13-21-17-10-8-16(9-11-17)14-19-18(3,4)5/h8-11,15,19H,7,12-14H2,1-6H3. The van der Waals surface area contributed by atoms with Crippen molar-refractivity contribution in [3.63, 3.8) is 0 Å². The summed E-state index contributed by atoms with van der Waals surface area (Å²) >= 11 is 0. The van der Waals surface area contributed by atoms with E-state index in [1.807, 2.05) is 0 Å². The smallest absolute Gasteiger partial charge is 0.119 e. The van der Waals surface area contributed by atoms with E-state index < -0.39 is 0 Å². The molecule has 0 amide bonds. The summed E-state index contributed by atoms with van der Waals surface area (Å²) in [4.78, 5) is 2.33. The van der Waals surface area contributed by atoms with Crippen molar-refractivity contribution in [3.8, 4) is 5.75 Å². The predicted molar refractivity (Wildman–Crippen MR) is 90.9 cm³/mol. The van der Waals surface area contributed by atoms with Crippen LogP contribution in [-0.4, -0.2) is 36.7 Å². The fourth-order valence-electron chi connectivity index (χ4n) is 1.91. The molecule has 1 unspecified atom stereocenters. The summed E-state index contributed by atoms with van der Waals surface area (Å²) in [6.07, 6.45) is 1.17. The topological polar surface area (TPSA) is 24.5 Å². The number of rotatable bonds is 8. The van der Waals surface area contributed by atoms with Crippen molar-refractivity contribution in [3.05, 3.63) is 29.8 Å². The van der Waals surface area contributed by atoms with Crippen molar-refractivity contribution in [1.82, 2.24) is 10.2 Å². The quantitative estimate of drug-likeness (QED) is 0.791. The Labute approximate surface area is 130 Å². The molecule has 0 aromatic heterocycles. The van der Waals surface area contributed by atoms with E-state index in [4.69, 9.17) is 4.74 Å². The van der Waals surface area contributed by atoms with Crippen LogP contribution in [0.1, 0.15) is 46.6 Å². The van der Waals surface area contributed by atoms with Gasteiger partial charge in [-0.1, -0.05) is 19.1 Å². The Morgan fingerprint density at radius 2 is 1.81 bits per heavy atom. The molecule has 0 spiro atoms. The number of likely N-dealkylation sites (N-methyl/N-ethyl adjacent to an activating group) is 1. The van der Waals surface area contributed by atoms with Crippen LogP contribution in [0.3, 0.4) is 0 Å². The zero-order chi connectivity index (χ0) is 15.9. The highest BCUT2D eigenvalue weighted by atomic mass is 16.5. The van der Waals surface area contributed by atoms with Crippen LogP contribution in [0.25, 0.3) is 0 Å². The zero-order valence-corrected chi connectivity index (χ0v) is 14.6. The van der Waals surface area contributed by atoms with Gasteiger partial charge in [-0.05, 0) is 58.9 Å². The molecule has 1 rings (SSSR count). The van der Waals surface area contributed by atoms with Gasteiger partial charge >= 0.3 is 0 Å². The third-order valence-electron chi connectivity index (χ3n) is 3.80. The maximum absolute atomic E-state index is 5.81. The van der Waals surface area contributed by atoms with Crippen LogP contribution in [0.5, 0.6) is 5.75 Å². The number of hydrogen-bond acceptors (Lipinski definition) is 3. The predicted octanol–water partition coefficient (Wildman–Crippen LogP) is 3.68. The minimum absolute atomic E-state index is 0.149. The molecular formula is C18H32N2O. The van der Waals surface area contributed by atoms with Gasteiger partial charge in [0.15, 0.2) is 0 Å². The SMILES string of the molecule is CCC(C)N(C)CCOc1ccc(CNC(C)(C)C)cc1. The van der Waals surface area contributed by atoms with Crippen LogP contribution in [0.15, 0.2) is 24.3 Å². The molecule has 0 bridgehead atoms. The first kappa shape index (κ1) is 18.0. The molecule has 21 heavy (non-hydrogen) atoms. The van der Waals surface area contributed by atoms with Crippen LogP contribution >= 0.6 is 0 Å². The van der Waals surface area contributed by atoms with Crippen LogP contribution in [-0.2, 0) is 6.54 Å². The molecule has 1 N–H and O–H groups in total. The lowest BCUT2D eigenvalue weighted by Crippen LogP contribution is -2.35. The van der Waals surface area contributed by atoms with Crippen molar-refractivity contribution in [1.29, 1.82) is 0 Å². The fourth-order valence-corrected chi connectivity index (χ4v) is 1.91. The second-order valence-electron chi connectivity index (χ2n) is 6.83. The van der Waals surface area contributed by atoms with Crippen LogP contribution in [0.2, 0.25) is 0 Å². The molecule has 1 aromatic carbocycles. The first-order chi connectivity index (χ1) is 9.81. The Morgan fingerprint density at radius 3 is 2.33 bits per heavy atom. The molecule has 0 saturated carbocycles. The number of nitrogens with zero attached hydrogens (tertiary/aromatic N) is 1. The van der Waals surface area contributed by atoms with E-state index in [9.17, 15) is 0 Å². The summed E-state index contributed by atoms with van der Waals surface area (Å²) in [6.45, 7) is 13.6. The highest BCUT2D eigenvalue weighted by molar-refractivity contribution is 5.27. The van der Waals surface area contributed by atoms with Gasteiger partial charge in [0, 0.05) is 24.7 Å². The van der Waals surface area contributed by atoms with Crippen LogP contribution in [0, 0.1) is 0 Å². The molecule has 0 heterocycles. The molecular weight excluding hydrogens is 260 g/mol. The number of ether oxygens (including phenoxy) is 1. The first-order valence-corrected chi connectivity index (χ1v) is 7.99. The van der Waals surface area contributed by atoms with Gasteiger partial charge in [-0.25, -0.2) is 0 Å². The molecule has 1 atom stereocenters. The number of hydrogen-bond donors (Lipinski definition) is 1. The third kappa shape index (κ3) is 7.49. The highest BCUT2D eigenvalue weighted by Crippen LogP contribution is 2.13. The summed E-state index contributed by atoms with van der Waals surface area (Å²) in [7, 11) is 2.15. The van der Waals surface area contributed by atoms with E-state index in [0.717, 1.165) is 25.4 Å². The average Bonchev–Trinajstić information content (AvgIpc) is 2.44. The maximum Gasteiger partial charge on any atom is 0.119 e. The van der Waals surface area contributed by atoms with E-state index in [2.05, 4.69) is 76.1 Å². The van der Waals surface area contributed by atoms with E-state index in [0.29, 0.717) is 6.04 Å². The van der Waals surface area contributed by atoms with Gasteiger partial charge in [-0.15, -0.1) is 0 Å². The van der Waals surface area contributed by atoms with Crippen molar-refractivity contribution in [2.24, 2.45) is 0 Å². The molecule has 0 aliphatic carbocycles. The molecule has 3 nitrogen and oxygen atoms in total. The second kappa shape index (κ2) is 8.40. The molecule has 0 radical (unpaired) electrons. The lowest BCUT2D eigenvalue weighted by Gasteiger charge is -2.23. The fraction of sp³-hybridized carbons (Fsp3) is 0.667. The van der Waals surface area contributed by atoms with Gasteiger partial charge in [0.05, 0.1) is 0 Å². The summed E-state index contributed by atoms with van der Waals surface area (Å²) in [6, 6.07) is 8.99. The van der Waals surface area contributed by atoms with E-state index >= 15 is 0 Å². The molecule has 1 aromatic rings. The van der Waals surface area contributed by atoms with Gasteiger partial charge in [0.25, 0.3) is 0 Å². The normalized spacial score (nSPS) is 13.5. The summed E-state index contributed by atoms with van der Waals surface area (Å²) in [5.74, 6) is 0.951. The van der Waals surface area contributed by atoms with E-state index in [1.54, 1.807) is 0 Å². The van der Waals surface area contributed by atoms with Crippen molar-refractivity contribution in [2.75, 3.05) is 20.2 Å². The Morgan fingerprint density at radius 1 is 1.19 bits per heavy atom. The second-order valence-corrected chi connectivity index (χ2v) is 6.83. The van der Waals surface area contributed by atoms with Gasteiger partial charge in [-0.2, -0.15) is 0 Å². The molecule has 0 aliphatic rings. The Kier molecular flexibility index (Phi) is 7.20. The minimum Gasteiger partial charge on any atom is -0.492 e. The lowest BCUT2D eigenvalue weighted by atomic mass is 10.1. The van der Waals surface area contributed by atoms with Gasteiger partial charge in [-0.3, -0.25) is 0 Å². The van der Waals surface area contributed by atoms with Crippen LogP contribution < -0.4 is 10.1 Å². The third-order valence-corrected chi connectivity index (χ3v) is 3.80. The van der Waals surface area contributed by atoms with E-state index in [1.165, 1.54) is 12.0 Å². The van der Waals surface area contributed by atoms with Crippen molar-refractivity contribution >= 4 is 0 Å². The average molecular weight is 292 g/mol. The van der Waals surface area contributed by atoms with Crippen molar-refractivity contribution < 1.29 is 4.74 Å². The zero-order valence-electron chi connectivity index (χ0n) is 14.6. The molecule has 3 heteroatoms. The van der Waals surface area contributed by atoms with Crippen LogP contribution in [0.4, 0.5) is 0 Å². The summed E-state index contributed by atoms with van der Waals surface area (Å²) < 4.78 is 5.81. The Balaban J connectivity index is 2.34. The number of benzene rings is 1. The largest absolute Gasteiger partial charge is 0.492 e.